The largest absolute Gasteiger partial charge is 0.465 e. The van der Waals surface area contributed by atoms with Crippen LogP contribution in [0.3, 0.4) is 0 Å². The number of ether oxygens (including phenoxy) is 1. The molecule has 2 bridgehead atoms. The van der Waals surface area contributed by atoms with Gasteiger partial charge in [0.1, 0.15) is 6.04 Å². The zero-order valence-electron chi connectivity index (χ0n) is 25.0. The molecule has 3 heterocycles. The average molecular weight is 583 g/mol. The molecule has 0 radical (unpaired) electrons. The van der Waals surface area contributed by atoms with E-state index in [0.717, 1.165) is 48.9 Å². The molecule has 1 N–H and O–H groups in total. The van der Waals surface area contributed by atoms with Crippen molar-refractivity contribution < 1.29 is 24.2 Å². The van der Waals surface area contributed by atoms with Crippen molar-refractivity contribution in [1.29, 1.82) is 0 Å². The van der Waals surface area contributed by atoms with Gasteiger partial charge in [0.05, 0.1) is 35.8 Å². The fraction of sp³-hybridized carbons (Fsp3) is 0.606. The molecule has 0 aromatic heterocycles. The van der Waals surface area contributed by atoms with Crippen LogP contribution in [0.2, 0.25) is 0 Å². The van der Waals surface area contributed by atoms with E-state index < -0.39 is 28.7 Å². The summed E-state index contributed by atoms with van der Waals surface area (Å²) in [6, 6.07) is 4.61. The van der Waals surface area contributed by atoms with Crippen molar-refractivity contribution in [2.45, 2.75) is 88.3 Å². The summed E-state index contributed by atoms with van der Waals surface area (Å²) in [7, 11) is 0. The lowest BCUT2D eigenvalue weighted by Gasteiger charge is -2.41. The van der Waals surface area contributed by atoms with Gasteiger partial charge in [-0.1, -0.05) is 50.6 Å². The molecule has 8 heteroatoms. The van der Waals surface area contributed by atoms with Crippen LogP contribution in [-0.2, 0) is 19.1 Å². The van der Waals surface area contributed by atoms with Crippen molar-refractivity contribution in [2.24, 2.45) is 17.8 Å². The first kappa shape index (κ1) is 31.4. The van der Waals surface area contributed by atoms with Crippen LogP contribution >= 0.6 is 11.8 Å². The Labute approximate surface area is 249 Å². The Morgan fingerprint density at radius 3 is 2.56 bits per heavy atom. The van der Waals surface area contributed by atoms with Gasteiger partial charge >= 0.3 is 5.97 Å². The molecule has 3 aliphatic heterocycles. The van der Waals surface area contributed by atoms with Crippen molar-refractivity contribution in [2.75, 3.05) is 24.7 Å². The zero-order chi connectivity index (χ0) is 29.9. The molecule has 224 valence electrons. The predicted molar refractivity (Wildman–Crippen MR) is 165 cm³/mol. The van der Waals surface area contributed by atoms with Gasteiger partial charge in [0, 0.05) is 17.5 Å². The number of aliphatic hydroxyl groups is 1. The van der Waals surface area contributed by atoms with Gasteiger partial charge in [0.15, 0.2) is 0 Å². The van der Waals surface area contributed by atoms with Gasteiger partial charge in [0.25, 0.3) is 5.91 Å². The summed E-state index contributed by atoms with van der Waals surface area (Å²) in [4.78, 5) is 46.3. The summed E-state index contributed by atoms with van der Waals surface area (Å²) >= 11 is 1.63. The van der Waals surface area contributed by atoms with Crippen LogP contribution in [0.4, 0.5) is 5.69 Å². The highest BCUT2D eigenvalue weighted by Crippen LogP contribution is 2.67. The Hall–Kier alpha value is -2.58. The molecule has 1 spiro atoms. The Bertz CT molecular complexity index is 1150. The summed E-state index contributed by atoms with van der Waals surface area (Å²) in [6.45, 7) is 16.0. The van der Waals surface area contributed by atoms with E-state index in [9.17, 15) is 19.5 Å². The first-order chi connectivity index (χ1) is 19.7. The molecule has 3 fully saturated rings. The third-order valence-corrected chi connectivity index (χ3v) is 11.4. The number of amides is 2. The summed E-state index contributed by atoms with van der Waals surface area (Å²) < 4.78 is 4.99. The predicted octanol–water partition coefficient (Wildman–Crippen LogP) is 5.22. The fourth-order valence-corrected chi connectivity index (χ4v) is 9.46. The van der Waals surface area contributed by atoms with E-state index in [4.69, 9.17) is 4.74 Å². The molecule has 3 aliphatic rings. The van der Waals surface area contributed by atoms with E-state index in [1.807, 2.05) is 52.0 Å². The summed E-state index contributed by atoms with van der Waals surface area (Å²) in [5.41, 5.74) is 2.75. The van der Waals surface area contributed by atoms with Crippen LogP contribution in [0.25, 0.3) is 0 Å². The van der Waals surface area contributed by atoms with Crippen molar-refractivity contribution in [3.63, 3.8) is 0 Å². The zero-order valence-corrected chi connectivity index (χ0v) is 25.8. The molecule has 1 aromatic rings. The number of rotatable bonds is 14. The van der Waals surface area contributed by atoms with Gasteiger partial charge in [-0.15, -0.1) is 24.9 Å². The lowest BCUT2D eigenvalue weighted by molar-refractivity contribution is -0.155. The van der Waals surface area contributed by atoms with Crippen LogP contribution < -0.4 is 4.90 Å². The molecule has 2 amide bonds. The number of hydrogen-bond acceptors (Lipinski definition) is 6. The maximum Gasteiger partial charge on any atom is 0.310 e. The lowest BCUT2D eigenvalue weighted by Crippen LogP contribution is -2.59. The van der Waals surface area contributed by atoms with Crippen molar-refractivity contribution in [3.8, 4) is 0 Å². The van der Waals surface area contributed by atoms with Crippen LogP contribution in [-0.4, -0.2) is 69.6 Å². The highest BCUT2D eigenvalue weighted by molar-refractivity contribution is 8.02. The maximum atomic E-state index is 14.9. The number of carbonyl (C=O) groups excluding carboxylic acids is 3. The van der Waals surface area contributed by atoms with E-state index >= 15 is 0 Å². The molecule has 3 saturated heterocycles. The molecule has 2 unspecified atom stereocenters. The first-order valence-corrected chi connectivity index (χ1v) is 15.9. The van der Waals surface area contributed by atoms with Gasteiger partial charge in [-0.05, 0) is 63.0 Å². The van der Waals surface area contributed by atoms with Crippen LogP contribution in [0, 0.1) is 31.6 Å². The molecular weight excluding hydrogens is 536 g/mol. The molecule has 7 atom stereocenters. The average Bonchev–Trinajstić information content (AvgIpc) is 3.60. The van der Waals surface area contributed by atoms with E-state index in [1.165, 1.54) is 0 Å². The number of anilines is 1. The third kappa shape index (κ3) is 5.50. The first-order valence-electron chi connectivity index (χ1n) is 15.0. The van der Waals surface area contributed by atoms with Gasteiger partial charge < -0.3 is 19.6 Å². The summed E-state index contributed by atoms with van der Waals surface area (Å²) in [5.74, 6) is -1.98. The number of esters is 1. The number of nitrogens with zero attached hydrogens (tertiary/aromatic N) is 2. The number of benzene rings is 1. The molecule has 1 aromatic carbocycles. The molecular formula is C33H46N2O5S. The Kier molecular flexibility index (Phi) is 10.1. The number of carbonyl (C=O) groups is 3. The number of unbranched alkanes of at least 4 members (excludes halogenated alkanes) is 2. The van der Waals surface area contributed by atoms with Gasteiger partial charge in [0.2, 0.25) is 5.91 Å². The third-order valence-electron chi connectivity index (χ3n) is 9.42. The number of fused-ring (bicyclic) bond motifs is 1. The number of aliphatic hydroxyl groups excluding tert-OH is 1. The van der Waals surface area contributed by atoms with E-state index in [2.05, 4.69) is 13.2 Å². The Morgan fingerprint density at radius 2 is 1.95 bits per heavy atom. The van der Waals surface area contributed by atoms with E-state index in [1.54, 1.807) is 27.6 Å². The van der Waals surface area contributed by atoms with Crippen LogP contribution in [0.5, 0.6) is 0 Å². The lowest BCUT2D eigenvalue weighted by atomic mass is 9.71. The van der Waals surface area contributed by atoms with Gasteiger partial charge in [-0.3, -0.25) is 14.4 Å². The normalized spacial score (nSPS) is 27.8. The Balaban J connectivity index is 1.76. The second kappa shape index (κ2) is 13.2. The number of aryl methyl sites for hydroxylation is 2. The van der Waals surface area contributed by atoms with E-state index in [0.29, 0.717) is 19.6 Å². The highest BCUT2D eigenvalue weighted by atomic mass is 32.2. The number of thioether (sulfide) groups is 1. The monoisotopic (exact) mass is 582 g/mol. The minimum atomic E-state index is -0.800. The van der Waals surface area contributed by atoms with Gasteiger partial charge in [-0.2, -0.15) is 0 Å². The van der Waals surface area contributed by atoms with Crippen LogP contribution in [0.1, 0.15) is 63.5 Å². The second-order valence-electron chi connectivity index (χ2n) is 11.9. The van der Waals surface area contributed by atoms with Crippen LogP contribution in [0.15, 0.2) is 43.5 Å². The minimum Gasteiger partial charge on any atom is -0.465 e. The fourth-order valence-electron chi connectivity index (χ4n) is 7.27. The second-order valence-corrected chi connectivity index (χ2v) is 13.5. The smallest absolute Gasteiger partial charge is 0.310 e. The van der Waals surface area contributed by atoms with E-state index in [-0.39, 0.29) is 35.6 Å². The number of para-hydroxylation sites is 1. The molecule has 0 aliphatic carbocycles. The van der Waals surface area contributed by atoms with Crippen molar-refractivity contribution >= 4 is 35.2 Å². The molecule has 0 saturated carbocycles. The standard InChI is InChI=1S/C33H46N2O5S/c1-7-10-11-12-19-40-32(39)26-25-16-17-33(41-25)27(26)30(37)35(24(20-36)21(4)9-3)29(33)31(38)34(18-8-2)28-22(5)14-13-15-23(28)6/h7-8,13-15,21,24-27,29,36H,1-2,9-12,16-20H2,3-6H3/t21-,24-,25+,26-,27-,29?,33?/m0/s1. The molecule has 41 heavy (non-hydrogen) atoms. The number of hydrogen-bond donors (Lipinski definition) is 1. The molecule has 4 rings (SSSR count). The van der Waals surface area contributed by atoms with Gasteiger partial charge in [-0.25, -0.2) is 0 Å². The Morgan fingerprint density at radius 1 is 1.24 bits per heavy atom. The van der Waals surface area contributed by atoms with Crippen molar-refractivity contribution in [3.05, 3.63) is 54.6 Å². The molecule has 7 nitrogen and oxygen atoms in total. The maximum absolute atomic E-state index is 14.9. The van der Waals surface area contributed by atoms with Crippen molar-refractivity contribution in [1.82, 2.24) is 4.90 Å². The quantitative estimate of drug-likeness (QED) is 0.184. The minimum absolute atomic E-state index is 0.0278. The topological polar surface area (TPSA) is 87.1 Å². The SMILES string of the molecule is C=CCCCCOC(=O)[C@@H]1[C@H]2C(=O)N([C@@H](CO)[C@@H](C)CC)C(C(=O)N(CC=C)c3c(C)cccc3C)C23CC[C@H]1S3. The summed E-state index contributed by atoms with van der Waals surface area (Å²) in [5, 5.41) is 10.5. The number of likely N-dealkylation sites (tertiary alicyclic amines) is 1. The highest BCUT2D eigenvalue weighted by Gasteiger charge is 2.75. The summed E-state index contributed by atoms with van der Waals surface area (Å²) in [6.07, 6.45) is 8.22. The number of allylic oxidation sites excluding steroid dienone is 1.